The van der Waals surface area contributed by atoms with Crippen LogP contribution in [0.2, 0.25) is 0 Å². The van der Waals surface area contributed by atoms with Crippen molar-refractivity contribution < 1.29 is 9.53 Å². The first-order valence-electron chi connectivity index (χ1n) is 1.78. The Morgan fingerprint density at radius 3 is 2.71 bits per heavy atom. The largest absolute Gasteiger partial charge is 0.437 e. The molecule has 0 amide bonds. The third kappa shape index (κ3) is 4.95. The lowest BCUT2D eigenvalue weighted by atomic mass is 10.6. The number of allylic oxidation sites excluding steroid dienone is 2. The number of carbonyl (C=O) groups excluding carboxylic acids is 1. The predicted octanol–water partition coefficient (Wildman–Crippen LogP) is 0.859. The van der Waals surface area contributed by atoms with Gasteiger partial charge in [-0.15, -0.1) is 0 Å². The maximum Gasteiger partial charge on any atom is 0.297 e. The summed E-state index contributed by atoms with van der Waals surface area (Å²) in [6, 6.07) is 0. The molecule has 0 aliphatic carbocycles. The zero-order valence-electron chi connectivity index (χ0n) is 3.83. The standard InChI is InChI=1S/C5H6O2/c1-2-3-4-7-5-6/h2-5H,1H2. The van der Waals surface area contributed by atoms with Crippen LogP contribution in [-0.4, -0.2) is 6.47 Å². The highest BCUT2D eigenvalue weighted by molar-refractivity contribution is 5.38. The van der Waals surface area contributed by atoms with E-state index in [-0.39, 0.29) is 0 Å². The Morgan fingerprint density at radius 1 is 1.57 bits per heavy atom. The molecule has 0 saturated heterocycles. The molecule has 0 saturated carbocycles. The van der Waals surface area contributed by atoms with Gasteiger partial charge in [0, 0.05) is 0 Å². The summed E-state index contributed by atoms with van der Waals surface area (Å²) in [4.78, 5) is 9.37. The Kier molecular flexibility index (Phi) is 4.21. The molecule has 2 heteroatoms. The van der Waals surface area contributed by atoms with Crippen LogP contribution in [0.25, 0.3) is 0 Å². The summed E-state index contributed by atoms with van der Waals surface area (Å²) >= 11 is 0. The Morgan fingerprint density at radius 2 is 2.29 bits per heavy atom. The van der Waals surface area contributed by atoms with E-state index in [0.717, 1.165) is 0 Å². The molecule has 0 spiro atoms. The fraction of sp³-hybridized carbons (Fsp3) is 0. The molecule has 2 nitrogen and oxygen atoms in total. The van der Waals surface area contributed by atoms with Crippen LogP contribution < -0.4 is 0 Å². The second kappa shape index (κ2) is 4.95. The molecule has 0 fully saturated rings. The van der Waals surface area contributed by atoms with Gasteiger partial charge in [-0.1, -0.05) is 12.7 Å². The van der Waals surface area contributed by atoms with Crippen molar-refractivity contribution >= 4 is 6.47 Å². The maximum absolute atomic E-state index is 9.37. The minimum Gasteiger partial charge on any atom is -0.437 e. The van der Waals surface area contributed by atoms with Crippen molar-refractivity contribution in [3.8, 4) is 0 Å². The second-order valence-corrected chi connectivity index (χ2v) is 0.797. The first kappa shape index (κ1) is 5.95. The molecule has 0 heterocycles. The number of rotatable bonds is 3. The van der Waals surface area contributed by atoms with Gasteiger partial charge in [-0.2, -0.15) is 0 Å². The van der Waals surface area contributed by atoms with Crippen LogP contribution in [0.3, 0.4) is 0 Å². The average molecular weight is 98.1 g/mol. The fourth-order valence-corrected chi connectivity index (χ4v) is 0.133. The molecule has 0 aromatic carbocycles. The molecular weight excluding hydrogens is 92.1 g/mol. The molecule has 0 atom stereocenters. The van der Waals surface area contributed by atoms with Crippen molar-refractivity contribution in [2.45, 2.75) is 0 Å². The van der Waals surface area contributed by atoms with Crippen molar-refractivity contribution in [1.82, 2.24) is 0 Å². The molecule has 0 bridgehead atoms. The zero-order chi connectivity index (χ0) is 5.54. The van der Waals surface area contributed by atoms with Crippen LogP contribution in [0.15, 0.2) is 25.0 Å². The van der Waals surface area contributed by atoms with E-state index in [4.69, 9.17) is 0 Å². The van der Waals surface area contributed by atoms with Crippen molar-refractivity contribution in [1.29, 1.82) is 0 Å². The van der Waals surface area contributed by atoms with Crippen molar-refractivity contribution in [2.24, 2.45) is 0 Å². The third-order valence-electron chi connectivity index (χ3n) is 0.349. The van der Waals surface area contributed by atoms with Crippen LogP contribution in [0, 0.1) is 0 Å². The molecule has 7 heavy (non-hydrogen) atoms. The lowest BCUT2D eigenvalue weighted by Gasteiger charge is -1.76. The lowest BCUT2D eigenvalue weighted by Crippen LogP contribution is -1.69. The molecule has 0 aliphatic heterocycles. The fourth-order valence-electron chi connectivity index (χ4n) is 0.133. The molecule has 0 rings (SSSR count). The number of hydrogen-bond acceptors (Lipinski definition) is 2. The SMILES string of the molecule is C=CC=COC=O. The van der Waals surface area contributed by atoms with E-state index in [1.807, 2.05) is 0 Å². The summed E-state index contributed by atoms with van der Waals surface area (Å²) in [6.45, 7) is 3.70. The summed E-state index contributed by atoms with van der Waals surface area (Å²) in [5.74, 6) is 0. The summed E-state index contributed by atoms with van der Waals surface area (Å²) in [5, 5.41) is 0. The predicted molar refractivity (Wildman–Crippen MR) is 26.5 cm³/mol. The van der Waals surface area contributed by atoms with Gasteiger partial charge in [-0.25, -0.2) is 0 Å². The number of carbonyl (C=O) groups is 1. The van der Waals surface area contributed by atoms with E-state index in [1.165, 1.54) is 18.4 Å². The molecule has 0 aromatic heterocycles. The Balaban J connectivity index is 3.08. The van der Waals surface area contributed by atoms with Crippen LogP contribution in [0.4, 0.5) is 0 Å². The minimum absolute atomic E-state index is 0.347. The molecule has 0 aliphatic rings. The normalized spacial score (nSPS) is 8.57. The lowest BCUT2D eigenvalue weighted by molar-refractivity contribution is -0.123. The molecule has 0 unspecified atom stereocenters. The van der Waals surface area contributed by atoms with Gasteiger partial charge in [0.05, 0.1) is 6.26 Å². The van der Waals surface area contributed by atoms with Crippen molar-refractivity contribution in [3.05, 3.63) is 25.0 Å². The van der Waals surface area contributed by atoms with Gasteiger partial charge in [0.15, 0.2) is 0 Å². The number of ether oxygens (including phenoxy) is 1. The van der Waals surface area contributed by atoms with Crippen LogP contribution in [0.1, 0.15) is 0 Å². The molecule has 0 radical (unpaired) electrons. The zero-order valence-corrected chi connectivity index (χ0v) is 3.83. The van der Waals surface area contributed by atoms with Crippen molar-refractivity contribution in [3.63, 3.8) is 0 Å². The summed E-state index contributed by atoms with van der Waals surface area (Å²) in [5.41, 5.74) is 0. The van der Waals surface area contributed by atoms with Gasteiger partial charge in [-0.3, -0.25) is 4.79 Å². The van der Waals surface area contributed by atoms with Crippen molar-refractivity contribution in [2.75, 3.05) is 0 Å². The first-order chi connectivity index (χ1) is 3.41. The summed E-state index contributed by atoms with van der Waals surface area (Å²) in [7, 11) is 0. The van der Waals surface area contributed by atoms with E-state index >= 15 is 0 Å². The summed E-state index contributed by atoms with van der Waals surface area (Å²) in [6.07, 6.45) is 4.29. The molecule has 0 N–H and O–H groups in total. The highest BCUT2D eigenvalue weighted by Crippen LogP contribution is 1.70. The highest BCUT2D eigenvalue weighted by atomic mass is 16.5. The molecule has 38 valence electrons. The average Bonchev–Trinajstić information content (AvgIpc) is 1.69. The van der Waals surface area contributed by atoms with Crippen LogP contribution in [0.5, 0.6) is 0 Å². The molecular formula is C5H6O2. The highest BCUT2D eigenvalue weighted by Gasteiger charge is 1.60. The van der Waals surface area contributed by atoms with Crippen LogP contribution >= 0.6 is 0 Å². The van der Waals surface area contributed by atoms with Gasteiger partial charge in [0.1, 0.15) is 0 Å². The second-order valence-electron chi connectivity index (χ2n) is 0.797. The smallest absolute Gasteiger partial charge is 0.297 e. The Bertz CT molecular complexity index is 84.1. The van der Waals surface area contributed by atoms with Gasteiger partial charge in [0.25, 0.3) is 6.47 Å². The third-order valence-corrected chi connectivity index (χ3v) is 0.349. The van der Waals surface area contributed by atoms with E-state index in [2.05, 4.69) is 11.3 Å². The van der Waals surface area contributed by atoms with Gasteiger partial charge in [0.2, 0.25) is 0 Å². The molecule has 0 aromatic rings. The van der Waals surface area contributed by atoms with E-state index in [0.29, 0.717) is 6.47 Å². The summed E-state index contributed by atoms with van der Waals surface area (Å²) < 4.78 is 4.14. The van der Waals surface area contributed by atoms with Crippen LogP contribution in [-0.2, 0) is 9.53 Å². The minimum atomic E-state index is 0.347. The maximum atomic E-state index is 9.37. The topological polar surface area (TPSA) is 26.3 Å². The quantitative estimate of drug-likeness (QED) is 0.297. The van der Waals surface area contributed by atoms with E-state index in [1.54, 1.807) is 0 Å². The van der Waals surface area contributed by atoms with Gasteiger partial charge in [-0.05, 0) is 6.08 Å². The van der Waals surface area contributed by atoms with Gasteiger partial charge >= 0.3 is 0 Å². The first-order valence-corrected chi connectivity index (χ1v) is 1.78. The number of hydrogen-bond donors (Lipinski definition) is 0. The van der Waals surface area contributed by atoms with E-state index < -0.39 is 0 Å². The van der Waals surface area contributed by atoms with E-state index in [9.17, 15) is 4.79 Å². The Hall–Kier alpha value is -1.05. The monoisotopic (exact) mass is 98.0 g/mol. The van der Waals surface area contributed by atoms with Gasteiger partial charge < -0.3 is 4.74 Å². The Labute approximate surface area is 42.1 Å².